The minimum absolute atomic E-state index is 0.0734. The molecule has 0 aromatic heterocycles. The lowest BCUT2D eigenvalue weighted by Gasteiger charge is -2.06. The fourth-order valence-corrected chi connectivity index (χ4v) is 1.82. The first-order valence-corrected chi connectivity index (χ1v) is 6.33. The molecular weight excluding hydrogens is 272 g/mol. The van der Waals surface area contributed by atoms with Gasteiger partial charge >= 0.3 is 0 Å². The van der Waals surface area contributed by atoms with E-state index in [9.17, 15) is 14.9 Å². The largest absolute Gasteiger partial charge is 0.273 e. The Bertz CT molecular complexity index is 629. The summed E-state index contributed by atoms with van der Waals surface area (Å²) in [6.45, 7) is 0.240. The van der Waals surface area contributed by atoms with Crippen molar-refractivity contribution >= 4 is 11.6 Å². The number of nitrogens with one attached hydrogen (secondary N) is 1. The number of rotatable bonds is 6. The first kappa shape index (κ1) is 14.7. The van der Waals surface area contributed by atoms with Crippen LogP contribution in [0.25, 0.3) is 0 Å². The van der Waals surface area contributed by atoms with Crippen LogP contribution in [0.5, 0.6) is 0 Å². The molecule has 2 aromatic carbocycles. The first-order valence-electron chi connectivity index (χ1n) is 6.33. The Hall–Kier alpha value is -2.73. The van der Waals surface area contributed by atoms with E-state index < -0.39 is 10.8 Å². The van der Waals surface area contributed by atoms with Crippen molar-refractivity contribution in [1.82, 2.24) is 5.48 Å². The summed E-state index contributed by atoms with van der Waals surface area (Å²) in [5, 5.41) is 10.8. The molecule has 1 N–H and O–H groups in total. The van der Waals surface area contributed by atoms with Crippen molar-refractivity contribution in [2.24, 2.45) is 0 Å². The predicted octanol–water partition coefficient (Wildman–Crippen LogP) is 2.39. The molecule has 0 heterocycles. The number of carbonyl (C=O) groups excluding carboxylic acids is 1. The molecule has 0 fully saturated rings. The maximum absolute atomic E-state index is 11.7. The van der Waals surface area contributed by atoms with Gasteiger partial charge in [0, 0.05) is 11.6 Å². The van der Waals surface area contributed by atoms with Gasteiger partial charge in [-0.2, -0.15) is 0 Å². The highest BCUT2D eigenvalue weighted by molar-refractivity contribution is 5.78. The van der Waals surface area contributed by atoms with Gasteiger partial charge in [-0.1, -0.05) is 48.5 Å². The van der Waals surface area contributed by atoms with Crippen molar-refractivity contribution in [3.8, 4) is 0 Å². The standard InChI is InChI=1S/C15H14N2O4/c18-15(16-21-11-12-6-2-1-3-7-12)10-13-8-4-5-9-14(13)17(19)20/h1-9H,10-11H2,(H,16,18). The SMILES string of the molecule is O=C(Cc1ccccc1[N+](=O)[O-])NOCc1ccccc1. The molecule has 0 saturated carbocycles. The van der Waals surface area contributed by atoms with Crippen LogP contribution in [0.3, 0.4) is 0 Å². The Balaban J connectivity index is 1.86. The number of nitro groups is 1. The van der Waals surface area contributed by atoms with E-state index in [1.54, 1.807) is 18.2 Å². The van der Waals surface area contributed by atoms with Crippen molar-refractivity contribution in [3.05, 3.63) is 75.8 Å². The van der Waals surface area contributed by atoms with Gasteiger partial charge in [0.2, 0.25) is 5.91 Å². The third-order valence-corrected chi connectivity index (χ3v) is 2.81. The van der Waals surface area contributed by atoms with Gasteiger partial charge in [-0.05, 0) is 5.56 Å². The first-order chi connectivity index (χ1) is 10.2. The van der Waals surface area contributed by atoms with Crippen LogP contribution in [0.1, 0.15) is 11.1 Å². The number of hydrogen-bond donors (Lipinski definition) is 1. The van der Waals surface area contributed by atoms with Crippen LogP contribution in [0.2, 0.25) is 0 Å². The third-order valence-electron chi connectivity index (χ3n) is 2.81. The molecule has 1 amide bonds. The molecule has 0 aliphatic rings. The number of para-hydroxylation sites is 1. The van der Waals surface area contributed by atoms with Gasteiger partial charge in [0.25, 0.3) is 5.69 Å². The van der Waals surface area contributed by atoms with Gasteiger partial charge in [0.05, 0.1) is 18.0 Å². The maximum atomic E-state index is 11.7. The second kappa shape index (κ2) is 7.16. The van der Waals surface area contributed by atoms with Crippen molar-refractivity contribution in [3.63, 3.8) is 0 Å². The van der Waals surface area contributed by atoms with Crippen molar-refractivity contribution < 1.29 is 14.6 Å². The molecule has 0 aliphatic carbocycles. The summed E-state index contributed by atoms with van der Waals surface area (Å²) in [7, 11) is 0. The number of amides is 1. The molecule has 0 saturated heterocycles. The monoisotopic (exact) mass is 286 g/mol. The normalized spacial score (nSPS) is 10.1. The fraction of sp³-hybridized carbons (Fsp3) is 0.133. The molecule has 21 heavy (non-hydrogen) atoms. The predicted molar refractivity (Wildman–Crippen MR) is 76.2 cm³/mol. The zero-order chi connectivity index (χ0) is 15.1. The zero-order valence-corrected chi connectivity index (χ0v) is 11.2. The molecule has 0 aliphatic heterocycles. The molecule has 2 aromatic rings. The van der Waals surface area contributed by atoms with Crippen LogP contribution < -0.4 is 5.48 Å². The smallest absolute Gasteiger partial charge is 0.272 e. The van der Waals surface area contributed by atoms with Gasteiger partial charge in [0.15, 0.2) is 0 Å². The number of benzene rings is 2. The Labute approximate surface area is 121 Å². The quantitative estimate of drug-likeness (QED) is 0.653. The number of carbonyl (C=O) groups is 1. The number of nitrogens with zero attached hydrogens (tertiary/aromatic N) is 1. The molecule has 0 unspecified atom stereocenters. The Kier molecular flexibility index (Phi) is 5.00. The van der Waals surface area contributed by atoms with E-state index in [1.807, 2.05) is 30.3 Å². The molecule has 2 rings (SSSR count). The number of hydroxylamine groups is 1. The highest BCUT2D eigenvalue weighted by Crippen LogP contribution is 2.17. The van der Waals surface area contributed by atoms with E-state index in [1.165, 1.54) is 6.07 Å². The lowest BCUT2D eigenvalue weighted by Crippen LogP contribution is -2.25. The van der Waals surface area contributed by atoms with E-state index in [0.717, 1.165) is 5.56 Å². The van der Waals surface area contributed by atoms with Crippen LogP contribution in [0.4, 0.5) is 5.69 Å². The number of nitro benzene ring substituents is 1. The van der Waals surface area contributed by atoms with E-state index in [-0.39, 0.29) is 18.7 Å². The molecule has 0 radical (unpaired) electrons. The van der Waals surface area contributed by atoms with Gasteiger partial charge in [0.1, 0.15) is 0 Å². The Morgan fingerprint density at radius 3 is 2.48 bits per heavy atom. The molecular formula is C15H14N2O4. The summed E-state index contributed by atoms with van der Waals surface area (Å²) in [5.41, 5.74) is 3.48. The fourth-order valence-electron chi connectivity index (χ4n) is 1.82. The molecule has 6 nitrogen and oxygen atoms in total. The van der Waals surface area contributed by atoms with E-state index >= 15 is 0 Å². The van der Waals surface area contributed by atoms with Crippen molar-refractivity contribution in [2.75, 3.05) is 0 Å². The highest BCUT2D eigenvalue weighted by Gasteiger charge is 2.15. The maximum Gasteiger partial charge on any atom is 0.273 e. The van der Waals surface area contributed by atoms with Gasteiger partial charge in [-0.15, -0.1) is 0 Å². The molecule has 6 heteroatoms. The van der Waals surface area contributed by atoms with Crippen LogP contribution in [0, 0.1) is 10.1 Å². The summed E-state index contributed by atoms with van der Waals surface area (Å²) >= 11 is 0. The second-order valence-corrected chi connectivity index (χ2v) is 4.36. The van der Waals surface area contributed by atoms with Crippen LogP contribution in [0.15, 0.2) is 54.6 Å². The summed E-state index contributed by atoms with van der Waals surface area (Å²) in [4.78, 5) is 27.1. The third kappa shape index (κ3) is 4.39. The van der Waals surface area contributed by atoms with Crippen LogP contribution in [-0.4, -0.2) is 10.8 Å². The van der Waals surface area contributed by atoms with Gasteiger partial charge in [-0.25, -0.2) is 5.48 Å². The molecule has 0 bridgehead atoms. The molecule has 108 valence electrons. The lowest BCUT2D eigenvalue weighted by atomic mass is 10.1. The number of hydrogen-bond acceptors (Lipinski definition) is 4. The van der Waals surface area contributed by atoms with Gasteiger partial charge in [-0.3, -0.25) is 19.7 Å². The summed E-state index contributed by atoms with van der Waals surface area (Å²) in [5.74, 6) is -0.430. The van der Waals surface area contributed by atoms with E-state index in [0.29, 0.717) is 5.56 Å². The minimum atomic E-state index is -0.507. The lowest BCUT2D eigenvalue weighted by molar-refractivity contribution is -0.385. The second-order valence-electron chi connectivity index (χ2n) is 4.36. The molecule has 0 spiro atoms. The summed E-state index contributed by atoms with van der Waals surface area (Å²) in [6, 6.07) is 15.5. The van der Waals surface area contributed by atoms with Crippen LogP contribution in [-0.2, 0) is 22.7 Å². The van der Waals surface area contributed by atoms with E-state index in [2.05, 4.69) is 5.48 Å². The van der Waals surface area contributed by atoms with Crippen LogP contribution >= 0.6 is 0 Å². The minimum Gasteiger partial charge on any atom is -0.272 e. The van der Waals surface area contributed by atoms with E-state index in [4.69, 9.17) is 4.84 Å². The van der Waals surface area contributed by atoms with Crippen molar-refractivity contribution in [1.29, 1.82) is 0 Å². The highest BCUT2D eigenvalue weighted by atomic mass is 16.7. The van der Waals surface area contributed by atoms with Crippen molar-refractivity contribution in [2.45, 2.75) is 13.0 Å². The van der Waals surface area contributed by atoms with Gasteiger partial charge < -0.3 is 0 Å². The Morgan fingerprint density at radius 2 is 1.76 bits per heavy atom. The average Bonchev–Trinajstić information content (AvgIpc) is 2.48. The summed E-state index contributed by atoms with van der Waals surface area (Å²) in [6.07, 6.45) is -0.105. The summed E-state index contributed by atoms with van der Waals surface area (Å²) < 4.78 is 0. The average molecular weight is 286 g/mol. The topological polar surface area (TPSA) is 81.5 Å². The Morgan fingerprint density at radius 1 is 1.10 bits per heavy atom. The molecule has 0 atom stereocenters. The zero-order valence-electron chi connectivity index (χ0n) is 11.2.